The van der Waals surface area contributed by atoms with Crippen LogP contribution in [-0.2, 0) is 6.42 Å². The van der Waals surface area contributed by atoms with Crippen molar-refractivity contribution in [2.45, 2.75) is 20.3 Å². The molecule has 2 heterocycles. The van der Waals surface area contributed by atoms with Crippen molar-refractivity contribution in [3.63, 3.8) is 0 Å². The zero-order valence-corrected chi connectivity index (χ0v) is 15.9. The minimum atomic E-state index is -0.0542. The highest BCUT2D eigenvalue weighted by atomic mass is 35.5. The third-order valence-corrected chi connectivity index (χ3v) is 4.28. The lowest BCUT2D eigenvalue weighted by molar-refractivity contribution is 0.0760. The number of aryl methyl sites for hydroxylation is 2. The quantitative estimate of drug-likeness (QED) is 0.719. The van der Waals surface area contributed by atoms with Gasteiger partial charge in [0.15, 0.2) is 5.65 Å². The van der Waals surface area contributed by atoms with Crippen molar-refractivity contribution in [3.8, 4) is 0 Å². The summed E-state index contributed by atoms with van der Waals surface area (Å²) in [5.41, 5.74) is 9.91. The molecule has 0 spiro atoms. The number of fused-ring (bicyclic) bond motifs is 1. The second-order valence-electron chi connectivity index (χ2n) is 6.13. The normalized spacial score (nSPS) is 10.6. The van der Waals surface area contributed by atoms with Crippen LogP contribution in [0.5, 0.6) is 0 Å². The summed E-state index contributed by atoms with van der Waals surface area (Å²) >= 11 is 0. The summed E-state index contributed by atoms with van der Waals surface area (Å²) in [5.74, 6) is -0.0542. The van der Waals surface area contributed by atoms with Gasteiger partial charge in [-0.1, -0.05) is 30.3 Å². The Morgan fingerprint density at radius 2 is 1.92 bits per heavy atom. The minimum Gasteiger partial charge on any atom is -0.337 e. The highest BCUT2D eigenvalue weighted by Crippen LogP contribution is 2.14. The van der Waals surface area contributed by atoms with Crippen LogP contribution in [0.15, 0.2) is 42.6 Å². The Bertz CT molecular complexity index is 878. The Morgan fingerprint density at radius 1 is 1.19 bits per heavy atom. The van der Waals surface area contributed by atoms with Gasteiger partial charge in [-0.05, 0) is 25.8 Å². The Hall–Kier alpha value is -2.44. The van der Waals surface area contributed by atoms with Gasteiger partial charge in [-0.2, -0.15) is 5.10 Å². The fourth-order valence-corrected chi connectivity index (χ4v) is 2.92. The molecule has 0 radical (unpaired) electrons. The lowest BCUT2D eigenvalue weighted by Gasteiger charge is -2.23. The van der Waals surface area contributed by atoms with Crippen molar-refractivity contribution in [2.75, 3.05) is 19.6 Å². The minimum absolute atomic E-state index is 0. The molecule has 138 valence electrons. The second-order valence-corrected chi connectivity index (χ2v) is 6.13. The molecule has 6 nitrogen and oxygen atoms in total. The SMILES string of the molecule is Cc1cc2ncc(C(=O)N(CCN)CCc3ccccc3)c(C)n2n1.Cl. The molecule has 1 amide bonds. The van der Waals surface area contributed by atoms with Gasteiger partial charge in [-0.3, -0.25) is 4.79 Å². The molecule has 0 saturated carbocycles. The molecule has 0 aliphatic rings. The van der Waals surface area contributed by atoms with Crippen LogP contribution in [0.2, 0.25) is 0 Å². The van der Waals surface area contributed by atoms with E-state index in [1.165, 1.54) is 5.56 Å². The lowest BCUT2D eigenvalue weighted by atomic mass is 10.1. The Kier molecular flexibility index (Phi) is 6.71. The van der Waals surface area contributed by atoms with Crippen LogP contribution < -0.4 is 5.73 Å². The highest BCUT2D eigenvalue weighted by molar-refractivity contribution is 5.95. The van der Waals surface area contributed by atoms with Crippen molar-refractivity contribution in [1.82, 2.24) is 19.5 Å². The van der Waals surface area contributed by atoms with Crippen molar-refractivity contribution >= 4 is 24.0 Å². The third-order valence-electron chi connectivity index (χ3n) is 4.28. The topological polar surface area (TPSA) is 76.5 Å². The number of hydrogen-bond acceptors (Lipinski definition) is 4. The molecule has 7 heteroatoms. The average molecular weight is 374 g/mol. The first kappa shape index (κ1) is 19.9. The number of rotatable bonds is 6. The van der Waals surface area contributed by atoms with Crippen LogP contribution in [0.1, 0.15) is 27.3 Å². The van der Waals surface area contributed by atoms with Crippen LogP contribution in [-0.4, -0.2) is 45.0 Å². The van der Waals surface area contributed by atoms with Crippen molar-refractivity contribution in [2.24, 2.45) is 5.73 Å². The maximum absolute atomic E-state index is 13.0. The first-order chi connectivity index (χ1) is 12.1. The molecule has 0 atom stereocenters. The first-order valence-electron chi connectivity index (χ1n) is 8.45. The smallest absolute Gasteiger partial charge is 0.257 e. The van der Waals surface area contributed by atoms with Crippen LogP contribution >= 0.6 is 12.4 Å². The fraction of sp³-hybridized carbons (Fsp3) is 0.316. The Morgan fingerprint density at radius 3 is 2.62 bits per heavy atom. The van der Waals surface area contributed by atoms with E-state index in [0.29, 0.717) is 25.2 Å². The highest BCUT2D eigenvalue weighted by Gasteiger charge is 2.19. The molecular formula is C19H24ClN5O. The molecule has 0 aliphatic carbocycles. The van der Waals surface area contributed by atoms with Crippen molar-refractivity contribution < 1.29 is 4.79 Å². The number of nitrogens with zero attached hydrogens (tertiary/aromatic N) is 4. The second kappa shape index (κ2) is 8.78. The number of carbonyl (C=O) groups is 1. The number of halogens is 1. The molecule has 0 unspecified atom stereocenters. The largest absolute Gasteiger partial charge is 0.337 e. The van der Waals surface area contributed by atoms with E-state index in [0.717, 1.165) is 23.5 Å². The van der Waals surface area contributed by atoms with E-state index in [4.69, 9.17) is 5.73 Å². The number of amides is 1. The molecule has 2 N–H and O–H groups in total. The van der Waals surface area contributed by atoms with Crippen LogP contribution in [0.25, 0.3) is 5.65 Å². The van der Waals surface area contributed by atoms with Crippen molar-refractivity contribution in [3.05, 3.63) is 65.1 Å². The maximum Gasteiger partial charge on any atom is 0.257 e. The van der Waals surface area contributed by atoms with Gasteiger partial charge in [0.2, 0.25) is 0 Å². The third kappa shape index (κ3) is 4.20. The molecule has 0 saturated heterocycles. The predicted octanol–water partition coefficient (Wildman–Crippen LogP) is 2.41. The molecule has 0 bridgehead atoms. The van der Waals surface area contributed by atoms with E-state index in [1.54, 1.807) is 15.6 Å². The molecule has 2 aromatic heterocycles. The standard InChI is InChI=1S/C19H23N5O.ClH/c1-14-12-18-21-13-17(15(2)24(18)22-14)19(25)23(11-9-20)10-8-16-6-4-3-5-7-16;/h3-7,12-13H,8-11,20H2,1-2H3;1H. The van der Waals surface area contributed by atoms with Gasteiger partial charge in [0.05, 0.1) is 17.0 Å². The first-order valence-corrected chi connectivity index (χ1v) is 8.45. The number of aromatic nitrogens is 3. The average Bonchev–Trinajstić information content (AvgIpc) is 3.01. The number of benzene rings is 1. The molecule has 3 rings (SSSR count). The Balaban J connectivity index is 0.00000243. The molecular weight excluding hydrogens is 350 g/mol. The summed E-state index contributed by atoms with van der Waals surface area (Å²) in [5, 5.41) is 4.41. The van der Waals surface area contributed by atoms with Gasteiger partial charge in [-0.15, -0.1) is 12.4 Å². The van der Waals surface area contributed by atoms with E-state index in [2.05, 4.69) is 22.2 Å². The summed E-state index contributed by atoms with van der Waals surface area (Å²) in [6.07, 6.45) is 2.43. The van der Waals surface area contributed by atoms with Gasteiger partial charge in [-0.25, -0.2) is 9.50 Å². The van der Waals surface area contributed by atoms with Crippen LogP contribution in [0.3, 0.4) is 0 Å². The number of nitrogens with two attached hydrogens (primary N) is 1. The summed E-state index contributed by atoms with van der Waals surface area (Å²) in [6.45, 7) is 5.37. The lowest BCUT2D eigenvalue weighted by Crippen LogP contribution is -2.37. The van der Waals surface area contributed by atoms with E-state index in [-0.39, 0.29) is 18.3 Å². The summed E-state index contributed by atoms with van der Waals surface area (Å²) < 4.78 is 1.72. The zero-order valence-electron chi connectivity index (χ0n) is 15.1. The zero-order chi connectivity index (χ0) is 17.8. The van der Waals surface area contributed by atoms with Gasteiger partial charge >= 0.3 is 0 Å². The molecule has 0 aliphatic heterocycles. The van der Waals surface area contributed by atoms with E-state index >= 15 is 0 Å². The van der Waals surface area contributed by atoms with E-state index in [1.807, 2.05) is 38.1 Å². The van der Waals surface area contributed by atoms with Crippen LogP contribution in [0.4, 0.5) is 0 Å². The van der Waals surface area contributed by atoms with Gasteiger partial charge < -0.3 is 10.6 Å². The Labute approximate surface area is 159 Å². The van der Waals surface area contributed by atoms with Gasteiger partial charge in [0, 0.05) is 31.9 Å². The summed E-state index contributed by atoms with van der Waals surface area (Å²) in [6, 6.07) is 12.0. The monoisotopic (exact) mass is 373 g/mol. The fourth-order valence-electron chi connectivity index (χ4n) is 2.92. The van der Waals surface area contributed by atoms with E-state index in [9.17, 15) is 4.79 Å². The van der Waals surface area contributed by atoms with Gasteiger partial charge in [0.25, 0.3) is 5.91 Å². The maximum atomic E-state index is 13.0. The predicted molar refractivity (Wildman–Crippen MR) is 105 cm³/mol. The molecule has 0 fully saturated rings. The summed E-state index contributed by atoms with van der Waals surface area (Å²) in [4.78, 5) is 19.2. The van der Waals surface area contributed by atoms with Crippen molar-refractivity contribution in [1.29, 1.82) is 0 Å². The number of hydrogen-bond donors (Lipinski definition) is 1. The van der Waals surface area contributed by atoms with Gasteiger partial charge in [0.1, 0.15) is 0 Å². The molecule has 1 aromatic carbocycles. The van der Waals surface area contributed by atoms with Crippen LogP contribution in [0, 0.1) is 13.8 Å². The summed E-state index contributed by atoms with van der Waals surface area (Å²) in [7, 11) is 0. The number of carbonyl (C=O) groups excluding carboxylic acids is 1. The van der Waals surface area contributed by atoms with E-state index < -0.39 is 0 Å². The molecule has 26 heavy (non-hydrogen) atoms. The molecule has 3 aromatic rings.